The largest absolute Gasteiger partial charge is 0.330 e. The van der Waals surface area contributed by atoms with Crippen molar-refractivity contribution in [3.8, 4) is 0 Å². The lowest BCUT2D eigenvalue weighted by Gasteiger charge is -2.09. The minimum atomic E-state index is 0.411. The van der Waals surface area contributed by atoms with Gasteiger partial charge in [0.15, 0.2) is 5.29 Å². The molecule has 0 spiro atoms. The van der Waals surface area contributed by atoms with Crippen LogP contribution in [0.2, 0.25) is 0 Å². The molecular weight excluding hydrogens is 172 g/mol. The van der Waals surface area contributed by atoms with E-state index in [2.05, 4.69) is 10.3 Å². The van der Waals surface area contributed by atoms with Gasteiger partial charge in [-0.1, -0.05) is 24.3 Å². The molecule has 1 heterocycles. The molecule has 2 rings (SSSR count). The Morgan fingerprint density at radius 3 is 2.58 bits per heavy atom. The third kappa shape index (κ3) is 1.34. The second kappa shape index (κ2) is 2.99. The summed E-state index contributed by atoms with van der Waals surface area (Å²) < 4.78 is 0. The Morgan fingerprint density at radius 1 is 1.17 bits per heavy atom. The van der Waals surface area contributed by atoms with Crippen LogP contribution in [0, 0.1) is 0 Å². The molecule has 0 saturated carbocycles. The summed E-state index contributed by atoms with van der Waals surface area (Å²) in [5.41, 5.74) is 2.11. The lowest BCUT2D eigenvalue weighted by atomic mass is 10.2. The van der Waals surface area contributed by atoms with E-state index in [-0.39, 0.29) is 0 Å². The van der Waals surface area contributed by atoms with Crippen molar-refractivity contribution in [3.63, 3.8) is 0 Å². The highest BCUT2D eigenvalue weighted by Crippen LogP contribution is 2.14. The van der Waals surface area contributed by atoms with Gasteiger partial charge in [-0.25, -0.2) is 4.99 Å². The van der Waals surface area contributed by atoms with Crippen molar-refractivity contribution < 1.29 is 0 Å². The van der Waals surface area contributed by atoms with Gasteiger partial charge in [-0.15, -0.1) is 0 Å². The number of rotatable bonds is 0. The van der Waals surface area contributed by atoms with Crippen LogP contribution in [-0.4, -0.2) is 5.29 Å². The molecule has 0 amide bonds. The van der Waals surface area contributed by atoms with Crippen LogP contribution in [0.5, 0.6) is 0 Å². The first kappa shape index (κ1) is 7.37. The van der Waals surface area contributed by atoms with Crippen LogP contribution >= 0.6 is 11.6 Å². The van der Waals surface area contributed by atoms with Crippen LogP contribution in [0.25, 0.3) is 0 Å². The molecule has 1 N–H and O–H groups in total. The van der Waals surface area contributed by atoms with Gasteiger partial charge in [0.2, 0.25) is 0 Å². The molecule has 2 nitrogen and oxygen atoms in total. The predicted molar refractivity (Wildman–Crippen MR) is 50.9 cm³/mol. The Labute approximate surface area is 75.6 Å². The van der Waals surface area contributed by atoms with Crippen LogP contribution in [0.15, 0.2) is 52.8 Å². The fourth-order valence-electron chi connectivity index (χ4n) is 1.08. The maximum absolute atomic E-state index is 5.70. The molecule has 1 aliphatic heterocycles. The van der Waals surface area contributed by atoms with Crippen LogP contribution in [0.3, 0.4) is 0 Å². The molecule has 0 aromatic heterocycles. The summed E-state index contributed by atoms with van der Waals surface area (Å²) in [7, 11) is 0. The van der Waals surface area contributed by atoms with Gasteiger partial charge < -0.3 is 5.32 Å². The highest BCUT2D eigenvalue weighted by Gasteiger charge is 2.05. The van der Waals surface area contributed by atoms with E-state index in [1.54, 1.807) is 6.20 Å². The van der Waals surface area contributed by atoms with Gasteiger partial charge in [-0.05, 0) is 23.3 Å². The highest BCUT2D eigenvalue weighted by molar-refractivity contribution is 6.65. The van der Waals surface area contributed by atoms with Crippen molar-refractivity contribution in [2.75, 3.05) is 0 Å². The zero-order valence-electron chi connectivity index (χ0n) is 6.29. The van der Waals surface area contributed by atoms with Gasteiger partial charge in [-0.2, -0.15) is 0 Å². The van der Waals surface area contributed by atoms with E-state index >= 15 is 0 Å². The van der Waals surface area contributed by atoms with E-state index in [0.717, 1.165) is 11.3 Å². The van der Waals surface area contributed by atoms with Gasteiger partial charge in [0, 0.05) is 11.9 Å². The summed E-state index contributed by atoms with van der Waals surface area (Å²) in [6, 6.07) is 0. The summed E-state index contributed by atoms with van der Waals surface area (Å²) in [6.45, 7) is 0. The maximum Gasteiger partial charge on any atom is 0.200 e. The molecule has 0 radical (unpaired) electrons. The summed E-state index contributed by atoms with van der Waals surface area (Å²) in [5.74, 6) is 0. The fourth-order valence-corrected chi connectivity index (χ4v) is 1.24. The van der Waals surface area contributed by atoms with Crippen molar-refractivity contribution in [2.45, 2.75) is 0 Å². The third-order valence-electron chi connectivity index (χ3n) is 1.64. The van der Waals surface area contributed by atoms with E-state index < -0.39 is 0 Å². The SMILES string of the molecule is ClC1=NC=CC(=C2C=CC=C2)N1. The van der Waals surface area contributed by atoms with Crippen molar-refractivity contribution in [3.05, 3.63) is 47.9 Å². The molecule has 1 aliphatic carbocycles. The fraction of sp³-hybridized carbons (Fsp3) is 0. The first-order chi connectivity index (χ1) is 5.86. The third-order valence-corrected chi connectivity index (χ3v) is 1.83. The molecule has 0 aromatic carbocycles. The lowest BCUT2D eigenvalue weighted by Crippen LogP contribution is -2.19. The first-order valence-electron chi connectivity index (χ1n) is 3.62. The van der Waals surface area contributed by atoms with Crippen LogP contribution < -0.4 is 5.32 Å². The summed E-state index contributed by atoms with van der Waals surface area (Å²) in [4.78, 5) is 3.86. The highest BCUT2D eigenvalue weighted by atomic mass is 35.5. The molecule has 12 heavy (non-hydrogen) atoms. The second-order valence-electron chi connectivity index (χ2n) is 2.45. The van der Waals surface area contributed by atoms with Gasteiger partial charge in [0.1, 0.15) is 0 Å². The molecule has 3 heteroatoms. The zero-order valence-corrected chi connectivity index (χ0v) is 7.05. The van der Waals surface area contributed by atoms with E-state index in [1.807, 2.05) is 30.4 Å². The number of hydrogen-bond donors (Lipinski definition) is 1. The molecule has 2 aliphatic rings. The average molecular weight is 179 g/mol. The summed E-state index contributed by atoms with van der Waals surface area (Å²) in [6.07, 6.45) is 11.6. The lowest BCUT2D eigenvalue weighted by molar-refractivity contribution is 1.14. The predicted octanol–water partition coefficient (Wildman–Crippen LogP) is 2.08. The number of hydrogen-bond acceptors (Lipinski definition) is 2. The Bertz CT molecular complexity index is 332. The zero-order chi connectivity index (χ0) is 8.39. The van der Waals surface area contributed by atoms with Gasteiger partial charge >= 0.3 is 0 Å². The Kier molecular flexibility index (Phi) is 1.84. The molecule has 0 saturated heterocycles. The van der Waals surface area contributed by atoms with Crippen LogP contribution in [0.4, 0.5) is 0 Å². The van der Waals surface area contributed by atoms with Gasteiger partial charge in [-0.3, -0.25) is 0 Å². The number of halogens is 1. The Balaban J connectivity index is 2.33. The van der Waals surface area contributed by atoms with E-state index in [1.165, 1.54) is 0 Å². The average Bonchev–Trinajstić information content (AvgIpc) is 2.56. The van der Waals surface area contributed by atoms with Crippen LogP contribution in [-0.2, 0) is 0 Å². The molecule has 0 atom stereocenters. The maximum atomic E-state index is 5.70. The number of amidine groups is 1. The topological polar surface area (TPSA) is 24.4 Å². The standard InChI is InChI=1S/C9H7ClN2/c10-9-11-6-5-8(12-9)7-3-1-2-4-7/h1-6H,(H,11,12). The normalized spacial score (nSPS) is 19.9. The summed E-state index contributed by atoms with van der Waals surface area (Å²) >= 11 is 5.70. The minimum absolute atomic E-state index is 0.411. The number of allylic oxidation sites excluding steroid dienone is 6. The van der Waals surface area contributed by atoms with E-state index in [4.69, 9.17) is 11.6 Å². The van der Waals surface area contributed by atoms with Crippen molar-refractivity contribution >= 4 is 16.9 Å². The Morgan fingerprint density at radius 2 is 1.92 bits per heavy atom. The first-order valence-corrected chi connectivity index (χ1v) is 4.00. The molecule has 0 aromatic rings. The quantitative estimate of drug-likeness (QED) is 0.565. The molecule has 0 fully saturated rings. The number of aliphatic imine (C=N–C) groups is 1. The minimum Gasteiger partial charge on any atom is -0.330 e. The smallest absolute Gasteiger partial charge is 0.200 e. The summed E-state index contributed by atoms with van der Waals surface area (Å²) in [5, 5.41) is 3.37. The number of nitrogens with one attached hydrogen (secondary N) is 1. The molecule has 0 unspecified atom stereocenters. The van der Waals surface area contributed by atoms with E-state index in [9.17, 15) is 0 Å². The van der Waals surface area contributed by atoms with Crippen molar-refractivity contribution in [1.29, 1.82) is 0 Å². The molecular formula is C9H7ClN2. The van der Waals surface area contributed by atoms with Crippen molar-refractivity contribution in [1.82, 2.24) is 5.32 Å². The van der Waals surface area contributed by atoms with Gasteiger partial charge in [0.25, 0.3) is 0 Å². The van der Waals surface area contributed by atoms with E-state index in [0.29, 0.717) is 5.29 Å². The molecule has 60 valence electrons. The Hall–Kier alpha value is -1.28. The van der Waals surface area contributed by atoms with Crippen molar-refractivity contribution in [2.24, 2.45) is 4.99 Å². The van der Waals surface area contributed by atoms with Gasteiger partial charge in [0.05, 0.1) is 0 Å². The second-order valence-corrected chi connectivity index (χ2v) is 2.81. The monoisotopic (exact) mass is 178 g/mol. The van der Waals surface area contributed by atoms with Crippen LogP contribution in [0.1, 0.15) is 0 Å². The number of nitrogens with zero attached hydrogens (tertiary/aromatic N) is 1. The molecule has 0 bridgehead atoms.